The number of anilines is 1. The predicted octanol–water partition coefficient (Wildman–Crippen LogP) is 3.50. The number of thiazole rings is 1. The molecule has 0 radical (unpaired) electrons. The second-order valence-electron chi connectivity index (χ2n) is 8.58. The number of ether oxygens (including phenoxy) is 1. The van der Waals surface area contributed by atoms with Crippen LogP contribution in [0.15, 0.2) is 60.0 Å². The van der Waals surface area contributed by atoms with E-state index in [4.69, 9.17) is 4.74 Å². The summed E-state index contributed by atoms with van der Waals surface area (Å²) >= 11 is 1.28. The number of amides is 3. The van der Waals surface area contributed by atoms with Crippen LogP contribution in [0.3, 0.4) is 0 Å². The lowest BCUT2D eigenvalue weighted by Gasteiger charge is -2.35. The van der Waals surface area contributed by atoms with Crippen LogP contribution in [0.25, 0.3) is 0 Å². The van der Waals surface area contributed by atoms with Crippen LogP contribution in [-0.4, -0.2) is 52.9 Å². The minimum Gasteiger partial charge on any atom is -0.372 e. The zero-order valence-electron chi connectivity index (χ0n) is 19.7. The number of morpholine rings is 1. The summed E-state index contributed by atoms with van der Waals surface area (Å²) in [5.41, 5.74) is 2.65. The zero-order valence-corrected chi connectivity index (χ0v) is 20.5. The molecule has 4 rings (SSSR count). The summed E-state index contributed by atoms with van der Waals surface area (Å²) in [7, 11) is 0. The van der Waals surface area contributed by atoms with E-state index >= 15 is 0 Å². The Morgan fingerprint density at radius 3 is 2.37 bits per heavy atom. The summed E-state index contributed by atoms with van der Waals surface area (Å²) < 4.78 is 5.70. The number of rotatable bonds is 7. The topological polar surface area (TPSA) is 101 Å². The van der Waals surface area contributed by atoms with Crippen molar-refractivity contribution in [3.63, 3.8) is 0 Å². The van der Waals surface area contributed by atoms with Crippen molar-refractivity contribution in [2.24, 2.45) is 0 Å². The summed E-state index contributed by atoms with van der Waals surface area (Å²) in [6, 6.07) is 16.2. The lowest BCUT2D eigenvalue weighted by atomic mass is 10.1. The molecule has 0 aliphatic carbocycles. The Morgan fingerprint density at radius 2 is 1.69 bits per heavy atom. The van der Waals surface area contributed by atoms with Gasteiger partial charge in [-0.25, -0.2) is 4.98 Å². The normalized spacial score (nSPS) is 17.6. The molecule has 2 atom stereocenters. The van der Waals surface area contributed by atoms with Crippen LogP contribution in [0, 0.1) is 0 Å². The molecule has 3 amide bonds. The van der Waals surface area contributed by atoms with Crippen molar-refractivity contribution >= 4 is 34.2 Å². The van der Waals surface area contributed by atoms with Gasteiger partial charge in [0, 0.05) is 36.1 Å². The number of benzene rings is 2. The minimum atomic E-state index is -0.240. The van der Waals surface area contributed by atoms with Crippen molar-refractivity contribution in [1.29, 1.82) is 0 Å². The molecule has 8 nitrogen and oxygen atoms in total. The van der Waals surface area contributed by atoms with E-state index in [0.29, 0.717) is 41.6 Å². The quantitative estimate of drug-likeness (QED) is 0.526. The van der Waals surface area contributed by atoms with Crippen LogP contribution in [0.1, 0.15) is 45.8 Å². The standard InChI is InChI=1S/C26H28N4O4S/c1-17-14-30(15-18(2)34-17)25(33)21-10-8-19(9-11-21)13-27-23(31)12-22-16-35-26(28-22)29-24(32)20-6-4-3-5-7-20/h3-11,16-18H,12-15H2,1-2H3,(H,27,31)(H,28,29,32). The highest BCUT2D eigenvalue weighted by Gasteiger charge is 2.26. The summed E-state index contributed by atoms with van der Waals surface area (Å²) in [6.45, 7) is 5.44. The van der Waals surface area contributed by atoms with Crippen LogP contribution < -0.4 is 10.6 Å². The maximum absolute atomic E-state index is 12.8. The zero-order chi connectivity index (χ0) is 24.8. The van der Waals surface area contributed by atoms with Gasteiger partial charge < -0.3 is 15.0 Å². The molecule has 3 aromatic rings. The summed E-state index contributed by atoms with van der Waals surface area (Å²) in [5, 5.41) is 7.83. The molecular weight excluding hydrogens is 464 g/mol. The molecule has 1 aliphatic rings. The van der Waals surface area contributed by atoms with Crippen molar-refractivity contribution in [1.82, 2.24) is 15.2 Å². The Hall–Kier alpha value is -3.56. The third-order valence-corrected chi connectivity index (χ3v) is 6.35. The van der Waals surface area contributed by atoms with Gasteiger partial charge in [-0.2, -0.15) is 0 Å². The molecule has 2 aromatic carbocycles. The highest BCUT2D eigenvalue weighted by molar-refractivity contribution is 7.14. The average Bonchev–Trinajstić information content (AvgIpc) is 3.29. The van der Waals surface area contributed by atoms with E-state index in [9.17, 15) is 14.4 Å². The van der Waals surface area contributed by atoms with Crippen molar-refractivity contribution in [3.8, 4) is 0 Å². The van der Waals surface area contributed by atoms with Crippen LogP contribution in [0.2, 0.25) is 0 Å². The molecule has 1 aromatic heterocycles. The SMILES string of the molecule is CC1CN(C(=O)c2ccc(CNC(=O)Cc3csc(NC(=O)c4ccccc4)n3)cc2)CC(C)O1. The Balaban J connectivity index is 1.25. The molecule has 2 heterocycles. The summed E-state index contributed by atoms with van der Waals surface area (Å²) in [5.74, 6) is -0.426. The van der Waals surface area contributed by atoms with Gasteiger partial charge in [0.15, 0.2) is 5.13 Å². The lowest BCUT2D eigenvalue weighted by molar-refractivity contribution is -0.120. The fourth-order valence-electron chi connectivity index (χ4n) is 3.92. The van der Waals surface area contributed by atoms with E-state index in [1.165, 1.54) is 11.3 Å². The molecule has 0 bridgehead atoms. The number of nitrogens with one attached hydrogen (secondary N) is 2. The Kier molecular flexibility index (Phi) is 7.89. The van der Waals surface area contributed by atoms with Crippen LogP contribution in [0.4, 0.5) is 5.13 Å². The van der Waals surface area contributed by atoms with Gasteiger partial charge in [-0.1, -0.05) is 30.3 Å². The number of hydrogen-bond donors (Lipinski definition) is 2. The van der Waals surface area contributed by atoms with Gasteiger partial charge >= 0.3 is 0 Å². The molecule has 0 saturated carbocycles. The van der Waals surface area contributed by atoms with Crippen molar-refractivity contribution in [2.75, 3.05) is 18.4 Å². The number of carbonyl (C=O) groups excluding carboxylic acids is 3. The van der Waals surface area contributed by atoms with E-state index in [1.807, 2.05) is 36.9 Å². The molecule has 2 unspecified atom stereocenters. The Morgan fingerprint density at radius 1 is 1.00 bits per heavy atom. The van der Waals surface area contributed by atoms with Gasteiger partial charge in [-0.15, -0.1) is 11.3 Å². The number of nitrogens with zero attached hydrogens (tertiary/aromatic N) is 2. The monoisotopic (exact) mass is 492 g/mol. The first-order valence-electron chi connectivity index (χ1n) is 11.5. The van der Waals surface area contributed by atoms with E-state index in [0.717, 1.165) is 5.56 Å². The first-order valence-corrected chi connectivity index (χ1v) is 12.4. The van der Waals surface area contributed by atoms with E-state index in [2.05, 4.69) is 15.6 Å². The lowest BCUT2D eigenvalue weighted by Crippen LogP contribution is -2.48. The minimum absolute atomic E-state index is 0.0127. The number of carbonyl (C=O) groups is 3. The van der Waals surface area contributed by atoms with Crippen molar-refractivity contribution in [3.05, 3.63) is 82.4 Å². The van der Waals surface area contributed by atoms with Gasteiger partial charge in [0.05, 0.1) is 24.3 Å². The molecule has 9 heteroatoms. The van der Waals surface area contributed by atoms with Gasteiger partial charge in [0.1, 0.15) is 0 Å². The fourth-order valence-corrected chi connectivity index (χ4v) is 4.63. The average molecular weight is 493 g/mol. The number of aromatic nitrogens is 1. The molecule has 1 aliphatic heterocycles. The first kappa shape index (κ1) is 24.6. The van der Waals surface area contributed by atoms with Crippen LogP contribution >= 0.6 is 11.3 Å². The highest BCUT2D eigenvalue weighted by atomic mass is 32.1. The Labute approximate surface area is 208 Å². The Bertz CT molecular complexity index is 1170. The molecule has 1 fully saturated rings. The van der Waals surface area contributed by atoms with Crippen LogP contribution in [-0.2, 0) is 22.5 Å². The third-order valence-electron chi connectivity index (χ3n) is 5.55. The van der Waals surface area contributed by atoms with Gasteiger partial charge in [-0.3, -0.25) is 19.7 Å². The summed E-state index contributed by atoms with van der Waals surface area (Å²) in [4.78, 5) is 43.6. The second kappa shape index (κ2) is 11.2. The predicted molar refractivity (Wildman–Crippen MR) is 134 cm³/mol. The fraction of sp³-hybridized carbons (Fsp3) is 0.308. The largest absolute Gasteiger partial charge is 0.372 e. The van der Waals surface area contributed by atoms with E-state index in [-0.39, 0.29) is 36.4 Å². The molecule has 35 heavy (non-hydrogen) atoms. The molecule has 182 valence electrons. The maximum atomic E-state index is 12.8. The number of hydrogen-bond acceptors (Lipinski definition) is 6. The second-order valence-corrected chi connectivity index (χ2v) is 9.44. The van der Waals surface area contributed by atoms with Crippen molar-refractivity contribution < 1.29 is 19.1 Å². The molecule has 0 spiro atoms. The van der Waals surface area contributed by atoms with Gasteiger partial charge in [0.25, 0.3) is 11.8 Å². The maximum Gasteiger partial charge on any atom is 0.257 e. The highest BCUT2D eigenvalue weighted by Crippen LogP contribution is 2.18. The molecule has 1 saturated heterocycles. The van der Waals surface area contributed by atoms with E-state index in [1.54, 1.807) is 41.8 Å². The molecule has 2 N–H and O–H groups in total. The van der Waals surface area contributed by atoms with Gasteiger partial charge in [0.2, 0.25) is 5.91 Å². The van der Waals surface area contributed by atoms with Crippen LogP contribution in [0.5, 0.6) is 0 Å². The first-order chi connectivity index (χ1) is 16.9. The molecular formula is C26H28N4O4S. The van der Waals surface area contributed by atoms with Gasteiger partial charge in [-0.05, 0) is 43.7 Å². The summed E-state index contributed by atoms with van der Waals surface area (Å²) in [6.07, 6.45) is 0.152. The van der Waals surface area contributed by atoms with Crippen molar-refractivity contribution in [2.45, 2.75) is 39.0 Å². The van der Waals surface area contributed by atoms with E-state index < -0.39 is 0 Å². The third kappa shape index (κ3) is 6.74. The smallest absolute Gasteiger partial charge is 0.257 e.